The lowest BCUT2D eigenvalue weighted by molar-refractivity contribution is -0.113. The van der Waals surface area contributed by atoms with Crippen LogP contribution in [-0.4, -0.2) is 11.1 Å². The summed E-state index contributed by atoms with van der Waals surface area (Å²) < 4.78 is 0. The second-order valence-corrected chi connectivity index (χ2v) is 7.27. The van der Waals surface area contributed by atoms with E-state index in [1.165, 1.54) is 11.8 Å². The first-order valence-corrected chi connectivity index (χ1v) is 9.52. The summed E-state index contributed by atoms with van der Waals surface area (Å²) >= 11 is 1.49. The number of thioether (sulfide) groups is 1. The van der Waals surface area contributed by atoms with Gasteiger partial charge in [-0.1, -0.05) is 78.0 Å². The first-order valence-electron chi connectivity index (χ1n) is 8.70. The van der Waals surface area contributed by atoms with Gasteiger partial charge < -0.3 is 0 Å². The number of rotatable bonds is 3. The average Bonchev–Trinajstić information content (AvgIpc) is 2.99. The van der Waals surface area contributed by atoms with Gasteiger partial charge in [-0.25, -0.2) is 4.99 Å². The van der Waals surface area contributed by atoms with Crippen LogP contribution in [0.1, 0.15) is 11.1 Å². The summed E-state index contributed by atoms with van der Waals surface area (Å²) in [5.41, 5.74) is 3.38. The van der Waals surface area contributed by atoms with Crippen molar-refractivity contribution in [1.29, 1.82) is 0 Å². The molecular weight excluding hydrogens is 352 g/mol. The molecule has 0 radical (unpaired) electrons. The minimum Gasteiger partial charge on any atom is -0.266 e. The molecule has 1 aliphatic rings. The number of amides is 1. The summed E-state index contributed by atoms with van der Waals surface area (Å²) in [6.07, 6.45) is 1.84. The number of nitrogens with zero attached hydrogens (tertiary/aromatic N) is 2. The molecule has 3 aromatic carbocycles. The Hall–Kier alpha value is -3.11. The van der Waals surface area contributed by atoms with Crippen LogP contribution in [0.5, 0.6) is 0 Å². The Kier molecular flexibility index (Phi) is 4.90. The van der Waals surface area contributed by atoms with Gasteiger partial charge in [-0.15, -0.1) is 0 Å². The van der Waals surface area contributed by atoms with Crippen LogP contribution < -0.4 is 4.90 Å². The molecule has 132 valence electrons. The van der Waals surface area contributed by atoms with E-state index >= 15 is 0 Å². The second-order valence-electron chi connectivity index (χ2n) is 6.23. The Bertz CT molecular complexity index is 1010. The highest BCUT2D eigenvalue weighted by atomic mass is 32.2. The van der Waals surface area contributed by atoms with Gasteiger partial charge in [0.1, 0.15) is 5.70 Å². The molecule has 3 nitrogen and oxygen atoms in total. The van der Waals surface area contributed by atoms with Gasteiger partial charge in [0.25, 0.3) is 5.91 Å². The molecule has 0 aliphatic carbocycles. The van der Waals surface area contributed by atoms with Gasteiger partial charge in [-0.2, -0.15) is 0 Å². The zero-order chi connectivity index (χ0) is 18.6. The molecule has 1 amide bonds. The van der Waals surface area contributed by atoms with Crippen LogP contribution in [0.25, 0.3) is 6.08 Å². The number of benzene rings is 3. The van der Waals surface area contributed by atoms with E-state index in [4.69, 9.17) is 0 Å². The van der Waals surface area contributed by atoms with E-state index < -0.39 is 0 Å². The largest absolute Gasteiger partial charge is 0.283 e. The van der Waals surface area contributed by atoms with Gasteiger partial charge in [0.15, 0.2) is 5.17 Å². The summed E-state index contributed by atoms with van der Waals surface area (Å²) in [6.45, 7) is 2.03. The van der Waals surface area contributed by atoms with Gasteiger partial charge in [-0.3, -0.25) is 9.69 Å². The predicted molar refractivity (Wildman–Crippen MR) is 113 cm³/mol. The van der Waals surface area contributed by atoms with Crippen LogP contribution in [0, 0.1) is 6.92 Å². The zero-order valence-electron chi connectivity index (χ0n) is 14.9. The summed E-state index contributed by atoms with van der Waals surface area (Å²) in [7, 11) is 0. The third-order valence-corrected chi connectivity index (χ3v) is 5.14. The molecule has 1 heterocycles. The van der Waals surface area contributed by atoms with Crippen molar-refractivity contribution in [2.75, 3.05) is 4.90 Å². The maximum absolute atomic E-state index is 13.1. The van der Waals surface area contributed by atoms with Crippen LogP contribution in [-0.2, 0) is 4.79 Å². The molecule has 0 fully saturated rings. The molecule has 0 atom stereocenters. The number of amidine groups is 1. The number of anilines is 1. The Labute approximate surface area is 163 Å². The monoisotopic (exact) mass is 370 g/mol. The highest BCUT2D eigenvalue weighted by Gasteiger charge is 2.32. The van der Waals surface area contributed by atoms with Crippen LogP contribution >= 0.6 is 11.8 Å². The molecule has 0 saturated heterocycles. The van der Waals surface area contributed by atoms with E-state index in [2.05, 4.69) is 4.99 Å². The molecule has 1 aliphatic heterocycles. The smallest absolute Gasteiger partial charge is 0.266 e. The molecule has 4 rings (SSSR count). The predicted octanol–water partition coefficient (Wildman–Crippen LogP) is 5.53. The van der Waals surface area contributed by atoms with Crippen molar-refractivity contribution in [3.05, 3.63) is 102 Å². The first kappa shape index (κ1) is 17.3. The second kappa shape index (κ2) is 7.64. The van der Waals surface area contributed by atoms with Crippen LogP contribution in [0.2, 0.25) is 0 Å². The van der Waals surface area contributed by atoms with Gasteiger partial charge in [0.2, 0.25) is 0 Å². The molecule has 0 spiro atoms. The van der Waals surface area contributed by atoms with Crippen molar-refractivity contribution >= 4 is 34.6 Å². The Morgan fingerprint density at radius 1 is 0.852 bits per heavy atom. The lowest BCUT2D eigenvalue weighted by Crippen LogP contribution is -2.30. The molecular formula is C23H18N2OS. The van der Waals surface area contributed by atoms with Gasteiger partial charge >= 0.3 is 0 Å². The maximum atomic E-state index is 13.1. The molecule has 27 heavy (non-hydrogen) atoms. The van der Waals surface area contributed by atoms with E-state index in [-0.39, 0.29) is 5.91 Å². The third-order valence-electron chi connectivity index (χ3n) is 4.18. The fourth-order valence-corrected chi connectivity index (χ4v) is 3.72. The van der Waals surface area contributed by atoms with Crippen molar-refractivity contribution in [2.24, 2.45) is 4.99 Å². The Morgan fingerprint density at radius 2 is 1.48 bits per heavy atom. The number of hydrogen-bond donors (Lipinski definition) is 0. The standard InChI is InChI=1S/C23H18N2OS/c1-17-12-14-19(15-13-17)25-22(26)21(16-18-8-4-2-5-9-18)24-23(25)27-20-10-6-3-7-11-20/h2-16H,1H3/b21-16-. The summed E-state index contributed by atoms with van der Waals surface area (Å²) in [4.78, 5) is 20.5. The normalized spacial score (nSPS) is 15.3. The van der Waals surface area contributed by atoms with Crippen LogP contribution in [0.15, 0.2) is 101 Å². The summed E-state index contributed by atoms with van der Waals surface area (Å²) in [5.74, 6) is -0.110. The van der Waals surface area contributed by atoms with Crippen molar-refractivity contribution in [1.82, 2.24) is 0 Å². The fourth-order valence-electron chi connectivity index (χ4n) is 2.79. The Balaban J connectivity index is 1.74. The summed E-state index contributed by atoms with van der Waals surface area (Å²) in [6, 6.07) is 27.7. The fraction of sp³-hybridized carbons (Fsp3) is 0.0435. The van der Waals surface area contributed by atoms with E-state index in [1.807, 2.05) is 97.9 Å². The first-order chi connectivity index (χ1) is 13.2. The van der Waals surface area contributed by atoms with Crippen molar-refractivity contribution in [3.8, 4) is 0 Å². The number of carbonyl (C=O) groups excluding carboxylic acids is 1. The lowest BCUT2D eigenvalue weighted by atomic mass is 10.2. The summed E-state index contributed by atoms with van der Waals surface area (Å²) in [5, 5.41) is 0.664. The van der Waals surface area contributed by atoms with Crippen LogP contribution in [0.4, 0.5) is 5.69 Å². The molecule has 0 unspecified atom stereocenters. The Morgan fingerprint density at radius 3 is 2.15 bits per heavy atom. The molecule has 0 bridgehead atoms. The molecule has 3 aromatic rings. The SMILES string of the molecule is Cc1ccc(N2C(=O)/C(=C/c3ccccc3)N=C2Sc2ccccc2)cc1. The zero-order valence-corrected chi connectivity index (χ0v) is 15.7. The van der Waals surface area contributed by atoms with Gasteiger partial charge in [-0.05, 0) is 42.8 Å². The van der Waals surface area contributed by atoms with Crippen LogP contribution in [0.3, 0.4) is 0 Å². The maximum Gasteiger partial charge on any atom is 0.283 e. The molecule has 0 N–H and O–H groups in total. The van der Waals surface area contributed by atoms with Crippen molar-refractivity contribution < 1.29 is 4.79 Å². The van der Waals surface area contributed by atoms with Gasteiger partial charge in [0, 0.05) is 4.90 Å². The topological polar surface area (TPSA) is 32.7 Å². The minimum atomic E-state index is -0.110. The highest BCUT2D eigenvalue weighted by Crippen LogP contribution is 2.32. The third kappa shape index (κ3) is 3.86. The van der Waals surface area contributed by atoms with E-state index in [9.17, 15) is 4.79 Å². The number of carbonyl (C=O) groups is 1. The van der Waals surface area contributed by atoms with E-state index in [0.717, 1.165) is 21.7 Å². The number of aliphatic imine (C=N–C) groups is 1. The van der Waals surface area contributed by atoms with Crippen molar-refractivity contribution in [3.63, 3.8) is 0 Å². The molecule has 0 saturated carbocycles. The van der Waals surface area contributed by atoms with Gasteiger partial charge in [0.05, 0.1) is 5.69 Å². The molecule has 0 aromatic heterocycles. The highest BCUT2D eigenvalue weighted by molar-refractivity contribution is 8.14. The van der Waals surface area contributed by atoms with E-state index in [1.54, 1.807) is 4.90 Å². The number of aryl methyl sites for hydroxylation is 1. The lowest BCUT2D eigenvalue weighted by Gasteiger charge is -2.18. The average molecular weight is 370 g/mol. The molecule has 4 heteroatoms. The van der Waals surface area contributed by atoms with Crippen molar-refractivity contribution in [2.45, 2.75) is 11.8 Å². The van der Waals surface area contributed by atoms with E-state index in [0.29, 0.717) is 10.9 Å². The minimum absolute atomic E-state index is 0.110. The quantitative estimate of drug-likeness (QED) is 0.568. The number of hydrogen-bond acceptors (Lipinski definition) is 3.